The van der Waals surface area contributed by atoms with Gasteiger partial charge in [0, 0.05) is 31.7 Å². The normalized spacial score (nSPS) is 16.5. The van der Waals surface area contributed by atoms with Crippen LogP contribution >= 0.6 is 0 Å². The Morgan fingerprint density at radius 1 is 1.45 bits per heavy atom. The topological polar surface area (TPSA) is 65.9 Å². The summed E-state index contributed by atoms with van der Waals surface area (Å²) < 4.78 is 5.13. The molecule has 0 bridgehead atoms. The molecule has 22 heavy (non-hydrogen) atoms. The lowest BCUT2D eigenvalue weighted by Crippen LogP contribution is -2.50. The van der Waals surface area contributed by atoms with E-state index in [2.05, 4.69) is 9.99 Å². The van der Waals surface area contributed by atoms with Gasteiger partial charge >= 0.3 is 6.09 Å². The third kappa shape index (κ3) is 3.88. The van der Waals surface area contributed by atoms with Crippen LogP contribution in [-0.2, 0) is 4.74 Å². The summed E-state index contributed by atoms with van der Waals surface area (Å²) in [6.07, 6.45) is 4.06. The smallest absolute Gasteiger partial charge is 0.424 e. The number of aromatic nitrogens is 1. The lowest BCUT2D eigenvalue weighted by Gasteiger charge is -2.38. The van der Waals surface area contributed by atoms with Crippen LogP contribution in [0.25, 0.3) is 0 Å². The Morgan fingerprint density at radius 3 is 2.77 bits per heavy atom. The van der Waals surface area contributed by atoms with E-state index in [-0.39, 0.29) is 17.8 Å². The highest BCUT2D eigenvalue weighted by molar-refractivity contribution is 5.66. The summed E-state index contributed by atoms with van der Waals surface area (Å²) in [6, 6.07) is 3.41. The fourth-order valence-corrected chi connectivity index (χ4v) is 2.86. The molecule has 0 radical (unpaired) electrons. The third-order valence-corrected chi connectivity index (χ3v) is 3.93. The standard InChI is InChI=1S/C16H25N3O3/c1-3-10-19(16(21)22-4-2)18-11-7-13(8-12-18)15-14(20)6-5-9-17-15/h5-6,9,13,20H,3-4,7-8,10-12H2,1-2H3. The number of piperidine rings is 1. The van der Waals surface area contributed by atoms with Crippen LogP contribution in [0.5, 0.6) is 5.75 Å². The molecule has 1 amide bonds. The van der Waals surface area contributed by atoms with Crippen LogP contribution in [0.3, 0.4) is 0 Å². The van der Waals surface area contributed by atoms with E-state index in [1.165, 1.54) is 0 Å². The van der Waals surface area contributed by atoms with Crippen molar-refractivity contribution in [2.45, 2.75) is 39.0 Å². The summed E-state index contributed by atoms with van der Waals surface area (Å²) in [5.41, 5.74) is 0.764. The van der Waals surface area contributed by atoms with Gasteiger partial charge in [-0.25, -0.2) is 14.8 Å². The molecule has 1 fully saturated rings. The molecule has 1 N–H and O–H groups in total. The predicted molar refractivity (Wildman–Crippen MR) is 83.5 cm³/mol. The Bertz CT molecular complexity index is 487. The SMILES string of the molecule is CCCN(C(=O)OCC)N1CCC(c2ncccc2O)CC1. The molecule has 0 spiro atoms. The zero-order valence-electron chi connectivity index (χ0n) is 13.4. The molecule has 122 valence electrons. The number of carbonyl (C=O) groups is 1. The Kier molecular flexibility index (Phi) is 6.00. The van der Waals surface area contributed by atoms with E-state index in [0.29, 0.717) is 13.2 Å². The largest absolute Gasteiger partial charge is 0.506 e. The third-order valence-electron chi connectivity index (χ3n) is 3.93. The molecule has 1 saturated heterocycles. The van der Waals surface area contributed by atoms with Crippen LogP contribution < -0.4 is 0 Å². The van der Waals surface area contributed by atoms with Gasteiger partial charge in [0.2, 0.25) is 0 Å². The van der Waals surface area contributed by atoms with E-state index >= 15 is 0 Å². The molecule has 1 aromatic rings. The molecule has 0 unspecified atom stereocenters. The molecule has 6 heteroatoms. The van der Waals surface area contributed by atoms with Gasteiger partial charge in [-0.1, -0.05) is 6.92 Å². The zero-order valence-corrected chi connectivity index (χ0v) is 13.4. The van der Waals surface area contributed by atoms with E-state index in [1.54, 1.807) is 23.3 Å². The maximum atomic E-state index is 12.0. The van der Waals surface area contributed by atoms with Gasteiger partial charge in [-0.2, -0.15) is 0 Å². The van der Waals surface area contributed by atoms with Crippen molar-refractivity contribution < 1.29 is 14.6 Å². The van der Waals surface area contributed by atoms with Gasteiger partial charge in [0.25, 0.3) is 0 Å². The van der Waals surface area contributed by atoms with E-state index in [1.807, 2.05) is 13.8 Å². The van der Waals surface area contributed by atoms with Gasteiger partial charge < -0.3 is 9.84 Å². The summed E-state index contributed by atoms with van der Waals surface area (Å²) >= 11 is 0. The first kappa shape index (κ1) is 16.5. The molecule has 1 aliphatic heterocycles. The summed E-state index contributed by atoms with van der Waals surface area (Å²) in [7, 11) is 0. The van der Waals surface area contributed by atoms with Crippen molar-refractivity contribution in [3.63, 3.8) is 0 Å². The maximum absolute atomic E-state index is 12.0. The molecule has 0 aromatic carbocycles. The number of pyridine rings is 1. The molecular formula is C16H25N3O3. The van der Waals surface area contributed by atoms with Gasteiger partial charge in [-0.3, -0.25) is 4.98 Å². The minimum Gasteiger partial charge on any atom is -0.506 e. The van der Waals surface area contributed by atoms with Crippen molar-refractivity contribution in [2.24, 2.45) is 0 Å². The first-order valence-corrected chi connectivity index (χ1v) is 8.00. The second-order valence-electron chi connectivity index (χ2n) is 5.46. The summed E-state index contributed by atoms with van der Waals surface area (Å²) in [5.74, 6) is 0.500. The number of hydrazine groups is 1. The van der Waals surface area contributed by atoms with Crippen LogP contribution in [0.2, 0.25) is 0 Å². The van der Waals surface area contributed by atoms with Crippen molar-refractivity contribution in [3.05, 3.63) is 24.0 Å². The number of amides is 1. The number of carbonyl (C=O) groups excluding carboxylic acids is 1. The minimum atomic E-state index is -0.275. The molecule has 2 heterocycles. The number of rotatable bonds is 5. The van der Waals surface area contributed by atoms with Crippen molar-refractivity contribution in [1.82, 2.24) is 15.0 Å². The lowest BCUT2D eigenvalue weighted by atomic mass is 9.93. The quantitative estimate of drug-likeness (QED) is 0.906. The highest BCUT2D eigenvalue weighted by Gasteiger charge is 2.29. The van der Waals surface area contributed by atoms with Crippen molar-refractivity contribution in [2.75, 3.05) is 26.2 Å². The maximum Gasteiger partial charge on any atom is 0.424 e. The van der Waals surface area contributed by atoms with Crippen molar-refractivity contribution in [1.29, 1.82) is 0 Å². The van der Waals surface area contributed by atoms with Crippen molar-refractivity contribution >= 4 is 6.09 Å². The molecule has 0 aliphatic carbocycles. The van der Waals surface area contributed by atoms with Crippen LogP contribution in [0.4, 0.5) is 4.79 Å². The van der Waals surface area contributed by atoms with E-state index in [4.69, 9.17) is 4.74 Å². The van der Waals surface area contributed by atoms with E-state index < -0.39 is 0 Å². The van der Waals surface area contributed by atoms with Gasteiger partial charge in [0.1, 0.15) is 5.75 Å². The molecule has 0 saturated carbocycles. The Morgan fingerprint density at radius 2 is 2.18 bits per heavy atom. The first-order chi connectivity index (χ1) is 10.7. The lowest BCUT2D eigenvalue weighted by molar-refractivity contribution is -0.0361. The number of ether oxygens (including phenoxy) is 1. The Labute approximate surface area is 131 Å². The number of nitrogens with zero attached hydrogens (tertiary/aromatic N) is 3. The average molecular weight is 307 g/mol. The van der Waals surface area contributed by atoms with Gasteiger partial charge in [0.05, 0.1) is 12.3 Å². The van der Waals surface area contributed by atoms with E-state index in [0.717, 1.165) is 38.0 Å². The van der Waals surface area contributed by atoms with Crippen LogP contribution in [0, 0.1) is 0 Å². The molecule has 1 aromatic heterocycles. The predicted octanol–water partition coefficient (Wildman–Crippen LogP) is 2.75. The summed E-state index contributed by atoms with van der Waals surface area (Å²) in [6.45, 7) is 6.44. The minimum absolute atomic E-state index is 0.239. The molecule has 0 atom stereocenters. The second-order valence-corrected chi connectivity index (χ2v) is 5.46. The van der Waals surface area contributed by atoms with Crippen LogP contribution in [0.1, 0.15) is 44.7 Å². The van der Waals surface area contributed by atoms with Crippen molar-refractivity contribution in [3.8, 4) is 5.75 Å². The van der Waals surface area contributed by atoms with Crippen LogP contribution in [-0.4, -0.2) is 52.4 Å². The molecule has 6 nitrogen and oxygen atoms in total. The number of hydrogen-bond donors (Lipinski definition) is 1. The zero-order chi connectivity index (χ0) is 15.9. The van der Waals surface area contributed by atoms with E-state index in [9.17, 15) is 9.90 Å². The fraction of sp³-hybridized carbons (Fsp3) is 0.625. The molecule has 1 aliphatic rings. The fourth-order valence-electron chi connectivity index (χ4n) is 2.86. The molecule has 2 rings (SSSR count). The van der Waals surface area contributed by atoms with Gasteiger partial charge in [0.15, 0.2) is 0 Å². The highest BCUT2D eigenvalue weighted by Crippen LogP contribution is 2.32. The second kappa shape index (κ2) is 7.98. The monoisotopic (exact) mass is 307 g/mol. The Hall–Kier alpha value is -1.82. The first-order valence-electron chi connectivity index (χ1n) is 8.00. The highest BCUT2D eigenvalue weighted by atomic mass is 16.6. The molecular weight excluding hydrogens is 282 g/mol. The summed E-state index contributed by atoms with van der Waals surface area (Å²) in [4.78, 5) is 16.3. The average Bonchev–Trinajstić information content (AvgIpc) is 2.53. The van der Waals surface area contributed by atoms with Gasteiger partial charge in [-0.15, -0.1) is 0 Å². The summed E-state index contributed by atoms with van der Waals surface area (Å²) in [5, 5.41) is 13.7. The van der Waals surface area contributed by atoms with Gasteiger partial charge in [-0.05, 0) is 38.3 Å². The van der Waals surface area contributed by atoms with Crippen LogP contribution in [0.15, 0.2) is 18.3 Å². The number of aromatic hydroxyl groups is 1. The Balaban J connectivity index is 1.98. The number of hydrogen-bond acceptors (Lipinski definition) is 5.